The molecule has 128 valence electrons. The summed E-state index contributed by atoms with van der Waals surface area (Å²) >= 11 is 0. The standard InChI is InChI=1S/C24H23N2/c1-5-19-13-6-7-14-20(19)24-25(4)21-15-8-9-16-22(21)26(24)23-17(2)11-10-12-18(23)3/h5-16H,1H2,2-4H3/q+1. The van der Waals surface area contributed by atoms with Gasteiger partial charge in [0, 0.05) is 0 Å². The Balaban J connectivity index is 2.21. The minimum absolute atomic E-state index is 1.14. The fraction of sp³-hybridized carbons (Fsp3) is 0.125. The second kappa shape index (κ2) is 6.30. The van der Waals surface area contributed by atoms with Gasteiger partial charge in [-0.15, -0.1) is 0 Å². The van der Waals surface area contributed by atoms with Crippen LogP contribution in [0.4, 0.5) is 0 Å². The van der Waals surface area contributed by atoms with E-state index in [0.717, 1.165) is 5.56 Å². The maximum Gasteiger partial charge on any atom is 0.295 e. The number of benzene rings is 3. The molecule has 3 aromatic carbocycles. The lowest BCUT2D eigenvalue weighted by atomic mass is 10.1. The van der Waals surface area contributed by atoms with E-state index in [4.69, 9.17) is 0 Å². The van der Waals surface area contributed by atoms with Gasteiger partial charge in [-0.05, 0) is 48.7 Å². The third kappa shape index (κ3) is 2.38. The normalized spacial score (nSPS) is 11.0. The first-order valence-electron chi connectivity index (χ1n) is 8.91. The fourth-order valence-corrected chi connectivity index (χ4v) is 3.88. The number of para-hydroxylation sites is 3. The van der Waals surface area contributed by atoms with Gasteiger partial charge in [0.05, 0.1) is 12.6 Å². The van der Waals surface area contributed by atoms with Gasteiger partial charge in [-0.3, -0.25) is 0 Å². The number of hydrogen-bond donors (Lipinski definition) is 0. The number of nitrogens with zero attached hydrogens (tertiary/aromatic N) is 2. The molecule has 0 unspecified atom stereocenters. The van der Waals surface area contributed by atoms with Gasteiger partial charge in [0.25, 0.3) is 5.82 Å². The Bertz CT molecular complexity index is 1110. The third-order valence-electron chi connectivity index (χ3n) is 5.10. The van der Waals surface area contributed by atoms with Crippen LogP contribution in [-0.2, 0) is 7.05 Å². The van der Waals surface area contributed by atoms with Crippen LogP contribution in [0.2, 0.25) is 0 Å². The fourth-order valence-electron chi connectivity index (χ4n) is 3.88. The molecule has 2 heteroatoms. The first-order valence-corrected chi connectivity index (χ1v) is 8.91. The molecule has 0 aliphatic rings. The zero-order valence-corrected chi connectivity index (χ0v) is 15.5. The maximum atomic E-state index is 4.02. The van der Waals surface area contributed by atoms with Gasteiger partial charge in [-0.1, -0.05) is 61.2 Å². The van der Waals surface area contributed by atoms with Crippen LogP contribution < -0.4 is 4.57 Å². The molecular weight excluding hydrogens is 316 g/mol. The van der Waals surface area contributed by atoms with Crippen molar-refractivity contribution in [1.82, 2.24) is 4.57 Å². The van der Waals surface area contributed by atoms with E-state index in [2.05, 4.69) is 103 Å². The molecule has 0 aliphatic heterocycles. The molecule has 0 radical (unpaired) electrons. The summed E-state index contributed by atoms with van der Waals surface area (Å²) in [6.45, 7) is 8.38. The molecule has 0 saturated heterocycles. The van der Waals surface area contributed by atoms with E-state index in [1.807, 2.05) is 6.08 Å². The highest BCUT2D eigenvalue weighted by molar-refractivity contribution is 5.82. The second-order valence-corrected chi connectivity index (χ2v) is 6.74. The van der Waals surface area contributed by atoms with Gasteiger partial charge in [0.2, 0.25) is 0 Å². The van der Waals surface area contributed by atoms with Crippen LogP contribution in [0.25, 0.3) is 34.2 Å². The topological polar surface area (TPSA) is 8.81 Å². The minimum Gasteiger partial charge on any atom is -0.225 e. The summed E-state index contributed by atoms with van der Waals surface area (Å²) in [5, 5.41) is 0. The molecule has 4 aromatic rings. The third-order valence-corrected chi connectivity index (χ3v) is 5.10. The number of imidazole rings is 1. The molecule has 2 nitrogen and oxygen atoms in total. The summed E-state index contributed by atoms with van der Waals surface area (Å²) in [5.74, 6) is 1.17. The Morgan fingerprint density at radius 3 is 2.23 bits per heavy atom. The van der Waals surface area contributed by atoms with Crippen molar-refractivity contribution in [2.24, 2.45) is 7.05 Å². The largest absolute Gasteiger partial charge is 0.295 e. The van der Waals surface area contributed by atoms with Crippen LogP contribution in [0.15, 0.2) is 73.3 Å². The molecule has 0 N–H and O–H groups in total. The van der Waals surface area contributed by atoms with Gasteiger partial charge < -0.3 is 0 Å². The van der Waals surface area contributed by atoms with E-state index in [1.54, 1.807) is 0 Å². The predicted octanol–water partition coefficient (Wildman–Crippen LogP) is 5.38. The van der Waals surface area contributed by atoms with Crippen molar-refractivity contribution < 1.29 is 4.57 Å². The minimum atomic E-state index is 1.14. The average Bonchev–Trinajstić information content (AvgIpc) is 2.94. The van der Waals surface area contributed by atoms with Crippen molar-refractivity contribution in [3.05, 3.63) is 90.0 Å². The Morgan fingerprint density at radius 2 is 1.50 bits per heavy atom. The van der Waals surface area contributed by atoms with Crippen LogP contribution in [-0.4, -0.2) is 4.57 Å². The van der Waals surface area contributed by atoms with Crippen LogP contribution in [0.5, 0.6) is 0 Å². The van der Waals surface area contributed by atoms with E-state index in [0.29, 0.717) is 0 Å². The Morgan fingerprint density at radius 1 is 0.846 bits per heavy atom. The monoisotopic (exact) mass is 339 g/mol. The highest BCUT2D eigenvalue weighted by Crippen LogP contribution is 2.32. The zero-order chi connectivity index (χ0) is 18.3. The number of fused-ring (bicyclic) bond motifs is 1. The molecule has 0 atom stereocenters. The van der Waals surface area contributed by atoms with Crippen molar-refractivity contribution >= 4 is 17.1 Å². The predicted molar refractivity (Wildman–Crippen MR) is 109 cm³/mol. The lowest BCUT2D eigenvalue weighted by molar-refractivity contribution is -0.633. The highest BCUT2D eigenvalue weighted by Gasteiger charge is 2.28. The second-order valence-electron chi connectivity index (χ2n) is 6.74. The molecule has 0 spiro atoms. The van der Waals surface area contributed by atoms with E-state index < -0.39 is 0 Å². The Kier molecular flexibility index (Phi) is 3.96. The van der Waals surface area contributed by atoms with E-state index in [1.165, 1.54) is 39.2 Å². The van der Waals surface area contributed by atoms with Gasteiger partial charge in [-0.2, -0.15) is 4.57 Å². The summed E-state index contributed by atoms with van der Waals surface area (Å²) < 4.78 is 4.67. The molecule has 4 rings (SSSR count). The summed E-state index contributed by atoms with van der Waals surface area (Å²) in [6.07, 6.45) is 1.93. The summed E-state index contributed by atoms with van der Waals surface area (Å²) in [6, 6.07) is 23.5. The molecule has 26 heavy (non-hydrogen) atoms. The molecule has 0 aliphatic carbocycles. The number of hydrogen-bond acceptors (Lipinski definition) is 0. The Hall–Kier alpha value is -3.13. The summed E-state index contributed by atoms with van der Waals surface area (Å²) in [7, 11) is 2.14. The molecule has 0 bridgehead atoms. The number of aromatic nitrogens is 2. The van der Waals surface area contributed by atoms with Gasteiger partial charge >= 0.3 is 0 Å². The van der Waals surface area contributed by atoms with Crippen molar-refractivity contribution in [1.29, 1.82) is 0 Å². The Labute approximate surface area is 154 Å². The van der Waals surface area contributed by atoms with Gasteiger partial charge in [0.15, 0.2) is 11.0 Å². The average molecular weight is 339 g/mol. The van der Waals surface area contributed by atoms with Gasteiger partial charge in [0.1, 0.15) is 5.69 Å². The summed E-state index contributed by atoms with van der Waals surface area (Å²) in [4.78, 5) is 0. The van der Waals surface area contributed by atoms with E-state index >= 15 is 0 Å². The quantitative estimate of drug-likeness (QED) is 0.443. The molecular formula is C24H23N2+. The zero-order valence-electron chi connectivity index (χ0n) is 15.5. The maximum absolute atomic E-state index is 4.02. The van der Waals surface area contributed by atoms with Gasteiger partial charge in [-0.25, -0.2) is 4.57 Å². The van der Waals surface area contributed by atoms with Crippen molar-refractivity contribution in [3.63, 3.8) is 0 Å². The highest BCUT2D eigenvalue weighted by atomic mass is 15.2. The molecule has 0 fully saturated rings. The summed E-state index contributed by atoms with van der Waals surface area (Å²) in [5.41, 5.74) is 8.53. The van der Waals surface area contributed by atoms with Crippen molar-refractivity contribution in [2.45, 2.75) is 13.8 Å². The van der Waals surface area contributed by atoms with Crippen molar-refractivity contribution in [2.75, 3.05) is 0 Å². The smallest absolute Gasteiger partial charge is 0.225 e. The number of rotatable bonds is 3. The van der Waals surface area contributed by atoms with Crippen LogP contribution >= 0.6 is 0 Å². The molecule has 1 aromatic heterocycles. The number of aryl methyl sites for hydroxylation is 3. The lowest BCUT2D eigenvalue weighted by Gasteiger charge is -2.10. The van der Waals surface area contributed by atoms with Crippen LogP contribution in [0, 0.1) is 13.8 Å². The van der Waals surface area contributed by atoms with E-state index in [-0.39, 0.29) is 0 Å². The first kappa shape index (κ1) is 16.3. The van der Waals surface area contributed by atoms with Crippen LogP contribution in [0.3, 0.4) is 0 Å². The van der Waals surface area contributed by atoms with Crippen molar-refractivity contribution in [3.8, 4) is 17.1 Å². The first-order chi connectivity index (χ1) is 12.6. The molecule has 1 heterocycles. The lowest BCUT2D eigenvalue weighted by Crippen LogP contribution is -2.30. The van der Waals surface area contributed by atoms with Crippen LogP contribution in [0.1, 0.15) is 16.7 Å². The molecule has 0 amide bonds. The molecule has 0 saturated carbocycles. The SMILES string of the molecule is C=Cc1ccccc1-c1n(-c2c(C)cccc2C)c2ccccc2[n+]1C. The van der Waals surface area contributed by atoms with E-state index in [9.17, 15) is 0 Å².